The molecule has 0 aromatic heterocycles. The SMILES string of the molecule is C=C(/C=C\N=CC)NC. The maximum absolute atomic E-state index is 3.85. The molecule has 0 unspecified atom stereocenters. The fourth-order valence-electron chi connectivity index (χ4n) is 0.302. The van der Waals surface area contributed by atoms with Crippen LogP contribution in [0.4, 0.5) is 0 Å². The monoisotopic (exact) mass is 124 g/mol. The van der Waals surface area contributed by atoms with Gasteiger partial charge < -0.3 is 5.32 Å². The van der Waals surface area contributed by atoms with Gasteiger partial charge in [-0.1, -0.05) is 6.58 Å². The van der Waals surface area contributed by atoms with Gasteiger partial charge in [-0.05, 0) is 13.0 Å². The highest BCUT2D eigenvalue weighted by Gasteiger charge is 1.74. The van der Waals surface area contributed by atoms with Crippen molar-refractivity contribution < 1.29 is 0 Å². The Hall–Kier alpha value is -1.05. The summed E-state index contributed by atoms with van der Waals surface area (Å²) in [5, 5.41) is 2.87. The summed E-state index contributed by atoms with van der Waals surface area (Å²) in [5.74, 6) is 0. The number of hydrogen-bond acceptors (Lipinski definition) is 2. The molecule has 50 valence electrons. The molecule has 0 aliphatic heterocycles. The van der Waals surface area contributed by atoms with Gasteiger partial charge in [0.15, 0.2) is 0 Å². The van der Waals surface area contributed by atoms with Crippen LogP contribution in [0.2, 0.25) is 0 Å². The number of likely N-dealkylation sites (N-methyl/N-ethyl adjacent to an activating group) is 1. The van der Waals surface area contributed by atoms with E-state index in [1.165, 1.54) is 0 Å². The third-order valence-electron chi connectivity index (χ3n) is 0.832. The molecule has 1 N–H and O–H groups in total. The van der Waals surface area contributed by atoms with E-state index in [0.29, 0.717) is 0 Å². The zero-order valence-electron chi connectivity index (χ0n) is 5.89. The van der Waals surface area contributed by atoms with Crippen LogP contribution >= 0.6 is 0 Å². The third-order valence-corrected chi connectivity index (χ3v) is 0.832. The van der Waals surface area contributed by atoms with Gasteiger partial charge in [0.05, 0.1) is 0 Å². The second-order valence-corrected chi connectivity index (χ2v) is 1.50. The average Bonchev–Trinajstić information content (AvgIpc) is 1.89. The van der Waals surface area contributed by atoms with E-state index in [4.69, 9.17) is 0 Å². The largest absolute Gasteiger partial charge is 0.389 e. The molecule has 0 atom stereocenters. The molecular formula is C7H12N2. The Balaban J connectivity index is 3.57. The van der Waals surface area contributed by atoms with Gasteiger partial charge in [-0.15, -0.1) is 0 Å². The molecule has 0 amide bonds. The van der Waals surface area contributed by atoms with E-state index in [1.807, 2.05) is 14.0 Å². The fourth-order valence-corrected chi connectivity index (χ4v) is 0.302. The van der Waals surface area contributed by atoms with E-state index in [2.05, 4.69) is 16.9 Å². The minimum Gasteiger partial charge on any atom is -0.389 e. The van der Waals surface area contributed by atoms with Gasteiger partial charge in [-0.3, -0.25) is 4.99 Å². The predicted octanol–water partition coefficient (Wildman–Crippen LogP) is 1.32. The molecule has 2 nitrogen and oxygen atoms in total. The first-order valence-electron chi connectivity index (χ1n) is 2.82. The summed E-state index contributed by atoms with van der Waals surface area (Å²) in [5.41, 5.74) is 0.862. The van der Waals surface area contributed by atoms with Crippen molar-refractivity contribution in [3.05, 3.63) is 24.6 Å². The summed E-state index contributed by atoms with van der Waals surface area (Å²) >= 11 is 0. The Labute approximate surface area is 56.0 Å². The first kappa shape index (κ1) is 7.95. The van der Waals surface area contributed by atoms with E-state index in [0.717, 1.165) is 5.70 Å². The molecule has 0 fully saturated rings. The van der Waals surface area contributed by atoms with Crippen LogP contribution in [0.1, 0.15) is 6.92 Å². The summed E-state index contributed by atoms with van der Waals surface area (Å²) in [7, 11) is 1.82. The maximum atomic E-state index is 3.85. The Morgan fingerprint density at radius 2 is 2.33 bits per heavy atom. The topological polar surface area (TPSA) is 24.4 Å². The van der Waals surface area contributed by atoms with E-state index in [9.17, 15) is 0 Å². The summed E-state index contributed by atoms with van der Waals surface area (Å²) in [6, 6.07) is 0. The van der Waals surface area contributed by atoms with Crippen LogP contribution in [-0.2, 0) is 0 Å². The smallest absolute Gasteiger partial charge is 0.0284 e. The molecule has 0 spiro atoms. The Morgan fingerprint density at radius 3 is 2.78 bits per heavy atom. The highest BCUT2D eigenvalue weighted by Crippen LogP contribution is 1.83. The van der Waals surface area contributed by atoms with Crippen molar-refractivity contribution in [2.24, 2.45) is 4.99 Å². The number of rotatable bonds is 3. The molecule has 0 rings (SSSR count). The Kier molecular flexibility index (Phi) is 4.50. The quantitative estimate of drug-likeness (QED) is 0.445. The summed E-state index contributed by atoms with van der Waals surface area (Å²) in [6.07, 6.45) is 5.22. The normalized spacial score (nSPS) is 10.9. The van der Waals surface area contributed by atoms with Gasteiger partial charge in [0.1, 0.15) is 0 Å². The average molecular weight is 124 g/mol. The van der Waals surface area contributed by atoms with Gasteiger partial charge in [0, 0.05) is 25.2 Å². The second-order valence-electron chi connectivity index (χ2n) is 1.50. The van der Waals surface area contributed by atoms with Gasteiger partial charge in [-0.2, -0.15) is 0 Å². The van der Waals surface area contributed by atoms with Crippen LogP contribution < -0.4 is 5.32 Å². The molecule has 0 saturated heterocycles. The van der Waals surface area contributed by atoms with Crippen LogP contribution in [-0.4, -0.2) is 13.3 Å². The number of hydrogen-bond donors (Lipinski definition) is 1. The standard InChI is InChI=1S/C7H12N2/c1-4-9-6-5-7(2)8-3/h4-6,8H,2H2,1,3H3/b6-5-,9-4?. The van der Waals surface area contributed by atoms with E-state index in [-0.39, 0.29) is 0 Å². The predicted molar refractivity (Wildman–Crippen MR) is 41.5 cm³/mol. The number of aliphatic imine (C=N–C) groups is 1. The van der Waals surface area contributed by atoms with Gasteiger partial charge in [-0.25, -0.2) is 0 Å². The lowest BCUT2D eigenvalue weighted by molar-refractivity contribution is 1.04. The molecule has 0 aliphatic carbocycles. The van der Waals surface area contributed by atoms with Crippen molar-refractivity contribution in [1.29, 1.82) is 0 Å². The molecule has 0 radical (unpaired) electrons. The van der Waals surface area contributed by atoms with E-state index >= 15 is 0 Å². The van der Waals surface area contributed by atoms with Crippen molar-refractivity contribution in [3.8, 4) is 0 Å². The lowest BCUT2D eigenvalue weighted by Crippen LogP contribution is -1.99. The Morgan fingerprint density at radius 1 is 1.67 bits per heavy atom. The fraction of sp³-hybridized carbons (Fsp3) is 0.286. The molecule has 0 bridgehead atoms. The van der Waals surface area contributed by atoms with Crippen LogP contribution in [0, 0.1) is 0 Å². The molecule has 0 aliphatic rings. The second kappa shape index (κ2) is 5.09. The van der Waals surface area contributed by atoms with Gasteiger partial charge in [0.25, 0.3) is 0 Å². The third kappa shape index (κ3) is 4.81. The lowest BCUT2D eigenvalue weighted by Gasteiger charge is -1.92. The first-order chi connectivity index (χ1) is 4.31. The lowest BCUT2D eigenvalue weighted by atomic mass is 10.5. The molecular weight excluding hydrogens is 112 g/mol. The molecule has 0 heterocycles. The van der Waals surface area contributed by atoms with Crippen LogP contribution in [0.15, 0.2) is 29.5 Å². The van der Waals surface area contributed by atoms with Gasteiger partial charge in [0.2, 0.25) is 0 Å². The van der Waals surface area contributed by atoms with E-state index in [1.54, 1.807) is 18.5 Å². The van der Waals surface area contributed by atoms with Crippen LogP contribution in [0.25, 0.3) is 0 Å². The first-order valence-corrected chi connectivity index (χ1v) is 2.82. The molecule has 0 aromatic rings. The highest BCUT2D eigenvalue weighted by atomic mass is 14.8. The van der Waals surface area contributed by atoms with Crippen molar-refractivity contribution in [3.63, 3.8) is 0 Å². The highest BCUT2D eigenvalue weighted by molar-refractivity contribution is 5.54. The molecule has 0 saturated carbocycles. The molecule has 2 heteroatoms. The van der Waals surface area contributed by atoms with Crippen molar-refractivity contribution >= 4 is 6.21 Å². The van der Waals surface area contributed by atoms with Crippen LogP contribution in [0.5, 0.6) is 0 Å². The van der Waals surface area contributed by atoms with E-state index < -0.39 is 0 Å². The Bertz CT molecular complexity index is 134. The summed E-state index contributed by atoms with van der Waals surface area (Å²) < 4.78 is 0. The van der Waals surface area contributed by atoms with Crippen molar-refractivity contribution in [1.82, 2.24) is 5.32 Å². The zero-order valence-corrected chi connectivity index (χ0v) is 5.89. The maximum Gasteiger partial charge on any atom is 0.0284 e. The minimum atomic E-state index is 0.862. The molecule has 0 aromatic carbocycles. The number of nitrogens with zero attached hydrogens (tertiary/aromatic N) is 1. The molecule has 9 heavy (non-hydrogen) atoms. The van der Waals surface area contributed by atoms with Crippen LogP contribution in [0.3, 0.4) is 0 Å². The number of allylic oxidation sites excluding steroid dienone is 1. The summed E-state index contributed by atoms with van der Waals surface area (Å²) in [4.78, 5) is 3.85. The minimum absolute atomic E-state index is 0.862. The van der Waals surface area contributed by atoms with Gasteiger partial charge >= 0.3 is 0 Å². The zero-order chi connectivity index (χ0) is 7.11. The van der Waals surface area contributed by atoms with Crippen molar-refractivity contribution in [2.45, 2.75) is 6.92 Å². The summed E-state index contributed by atoms with van der Waals surface area (Å²) in [6.45, 7) is 5.54. The number of nitrogens with one attached hydrogen (secondary N) is 1. The van der Waals surface area contributed by atoms with Crippen molar-refractivity contribution in [2.75, 3.05) is 7.05 Å².